The molecular weight excluding hydrogens is 276 g/mol. The molecule has 0 amide bonds. The highest BCUT2D eigenvalue weighted by Gasteiger charge is 2.02. The van der Waals surface area contributed by atoms with Gasteiger partial charge in [-0.15, -0.1) is 0 Å². The second kappa shape index (κ2) is 8.32. The van der Waals surface area contributed by atoms with Gasteiger partial charge in [0.2, 0.25) is 0 Å². The van der Waals surface area contributed by atoms with Gasteiger partial charge in [0.05, 0.1) is 12.7 Å². The van der Waals surface area contributed by atoms with Crippen molar-refractivity contribution in [3.63, 3.8) is 0 Å². The lowest BCUT2D eigenvalue weighted by Gasteiger charge is -2.13. The summed E-state index contributed by atoms with van der Waals surface area (Å²) in [6, 6.07) is 15.4. The molecule has 0 heterocycles. The lowest BCUT2D eigenvalue weighted by molar-refractivity contribution is 0.217. The predicted molar refractivity (Wildman–Crippen MR) is 89.1 cm³/mol. The van der Waals surface area contributed by atoms with E-state index in [1.165, 1.54) is 0 Å². The zero-order valence-corrected chi connectivity index (χ0v) is 13.5. The number of rotatable bonds is 8. The third kappa shape index (κ3) is 4.99. The van der Waals surface area contributed by atoms with Crippen LogP contribution in [0, 0.1) is 0 Å². The van der Waals surface area contributed by atoms with E-state index < -0.39 is 0 Å². The van der Waals surface area contributed by atoms with Gasteiger partial charge in [-0.05, 0) is 68.3 Å². The molecule has 0 saturated heterocycles. The molecule has 0 bridgehead atoms. The van der Waals surface area contributed by atoms with Crippen LogP contribution < -0.4 is 14.2 Å². The van der Waals surface area contributed by atoms with Crippen LogP contribution >= 0.6 is 0 Å². The fourth-order valence-corrected chi connectivity index (χ4v) is 1.86. The summed E-state index contributed by atoms with van der Waals surface area (Å²) in [5, 5.41) is 0. The number of benzene rings is 2. The highest BCUT2D eigenvalue weighted by atomic mass is 16.5. The highest BCUT2D eigenvalue weighted by molar-refractivity contribution is 5.37. The Kier molecular flexibility index (Phi) is 6.13. The molecule has 3 heteroatoms. The van der Waals surface area contributed by atoms with Crippen LogP contribution in [0.2, 0.25) is 0 Å². The molecule has 0 radical (unpaired) electrons. The molecule has 0 saturated carbocycles. The molecule has 0 aliphatic carbocycles. The summed E-state index contributed by atoms with van der Waals surface area (Å²) in [6.07, 6.45) is 2.22. The van der Waals surface area contributed by atoms with Gasteiger partial charge in [0, 0.05) is 0 Å². The molecule has 2 aromatic carbocycles. The second-order valence-corrected chi connectivity index (χ2v) is 5.23. The van der Waals surface area contributed by atoms with Gasteiger partial charge >= 0.3 is 0 Å². The Morgan fingerprint density at radius 1 is 0.773 bits per heavy atom. The molecule has 0 spiro atoms. The lowest BCUT2D eigenvalue weighted by atomic mass is 10.3. The van der Waals surface area contributed by atoms with Crippen LogP contribution in [-0.4, -0.2) is 12.7 Å². The van der Waals surface area contributed by atoms with Gasteiger partial charge in [-0.1, -0.05) is 13.8 Å². The van der Waals surface area contributed by atoms with Crippen molar-refractivity contribution in [2.24, 2.45) is 0 Å². The maximum absolute atomic E-state index is 5.81. The van der Waals surface area contributed by atoms with E-state index in [-0.39, 0.29) is 6.10 Å². The maximum atomic E-state index is 5.81. The second-order valence-electron chi connectivity index (χ2n) is 5.23. The summed E-state index contributed by atoms with van der Waals surface area (Å²) in [5.41, 5.74) is 0. The van der Waals surface area contributed by atoms with Crippen molar-refractivity contribution in [2.45, 2.75) is 39.7 Å². The van der Waals surface area contributed by atoms with E-state index in [4.69, 9.17) is 14.2 Å². The Morgan fingerprint density at radius 2 is 1.27 bits per heavy atom. The molecule has 0 fully saturated rings. The van der Waals surface area contributed by atoms with Crippen LogP contribution in [0.4, 0.5) is 0 Å². The van der Waals surface area contributed by atoms with Crippen molar-refractivity contribution in [1.29, 1.82) is 0 Å². The van der Waals surface area contributed by atoms with Gasteiger partial charge in [0.1, 0.15) is 23.0 Å². The van der Waals surface area contributed by atoms with E-state index in [1.54, 1.807) is 0 Å². The van der Waals surface area contributed by atoms with Gasteiger partial charge in [-0.25, -0.2) is 0 Å². The lowest BCUT2D eigenvalue weighted by Crippen LogP contribution is -2.09. The van der Waals surface area contributed by atoms with Crippen LogP contribution in [0.15, 0.2) is 48.5 Å². The van der Waals surface area contributed by atoms with Gasteiger partial charge in [0.25, 0.3) is 0 Å². The summed E-state index contributed by atoms with van der Waals surface area (Å²) < 4.78 is 17.1. The molecule has 118 valence electrons. The van der Waals surface area contributed by atoms with Crippen LogP contribution in [0.3, 0.4) is 0 Å². The van der Waals surface area contributed by atoms with Crippen molar-refractivity contribution >= 4 is 0 Å². The summed E-state index contributed by atoms with van der Waals surface area (Å²) in [6.45, 7) is 6.99. The normalized spacial score (nSPS) is 11.8. The van der Waals surface area contributed by atoms with Crippen LogP contribution in [-0.2, 0) is 0 Å². The smallest absolute Gasteiger partial charge is 0.127 e. The highest BCUT2D eigenvalue weighted by Crippen LogP contribution is 2.26. The van der Waals surface area contributed by atoms with Crippen LogP contribution in [0.5, 0.6) is 23.0 Å². The van der Waals surface area contributed by atoms with E-state index in [0.29, 0.717) is 0 Å². The topological polar surface area (TPSA) is 27.7 Å². The van der Waals surface area contributed by atoms with Crippen molar-refractivity contribution in [2.75, 3.05) is 6.61 Å². The first kappa shape index (κ1) is 16.2. The minimum Gasteiger partial charge on any atom is -0.494 e. The predicted octanol–water partition coefficient (Wildman–Crippen LogP) is 5.45. The fourth-order valence-electron chi connectivity index (χ4n) is 1.86. The monoisotopic (exact) mass is 300 g/mol. The Balaban J connectivity index is 1.92. The van der Waals surface area contributed by atoms with Crippen molar-refractivity contribution in [1.82, 2.24) is 0 Å². The van der Waals surface area contributed by atoms with E-state index in [1.807, 2.05) is 48.5 Å². The zero-order chi connectivity index (χ0) is 15.8. The van der Waals surface area contributed by atoms with Crippen LogP contribution in [0.25, 0.3) is 0 Å². The minimum absolute atomic E-state index is 0.224. The average Bonchev–Trinajstić information content (AvgIpc) is 2.56. The quantitative estimate of drug-likeness (QED) is 0.649. The fraction of sp³-hybridized carbons (Fsp3) is 0.368. The largest absolute Gasteiger partial charge is 0.494 e. The standard InChI is InChI=1S/C19H24O3/c1-4-14-20-16-6-8-18(9-7-16)22-19-12-10-17(11-13-19)21-15(3)5-2/h6-13,15H,4-5,14H2,1-3H3. The van der Waals surface area contributed by atoms with Crippen LogP contribution in [0.1, 0.15) is 33.6 Å². The number of hydrogen-bond acceptors (Lipinski definition) is 3. The van der Waals surface area contributed by atoms with E-state index >= 15 is 0 Å². The van der Waals surface area contributed by atoms with Crippen molar-refractivity contribution in [3.05, 3.63) is 48.5 Å². The zero-order valence-electron chi connectivity index (χ0n) is 13.5. The van der Waals surface area contributed by atoms with E-state index in [0.717, 1.165) is 42.4 Å². The maximum Gasteiger partial charge on any atom is 0.127 e. The Hall–Kier alpha value is -2.16. The molecule has 2 aromatic rings. The third-order valence-corrected chi connectivity index (χ3v) is 3.27. The third-order valence-electron chi connectivity index (χ3n) is 3.27. The summed E-state index contributed by atoms with van der Waals surface area (Å²) >= 11 is 0. The molecule has 22 heavy (non-hydrogen) atoms. The van der Waals surface area contributed by atoms with Gasteiger partial charge in [0.15, 0.2) is 0 Å². The van der Waals surface area contributed by atoms with Gasteiger partial charge in [-0.2, -0.15) is 0 Å². The van der Waals surface area contributed by atoms with E-state index in [9.17, 15) is 0 Å². The molecule has 1 unspecified atom stereocenters. The molecule has 3 nitrogen and oxygen atoms in total. The number of hydrogen-bond donors (Lipinski definition) is 0. The van der Waals surface area contributed by atoms with Gasteiger partial charge < -0.3 is 14.2 Å². The van der Waals surface area contributed by atoms with Gasteiger partial charge in [-0.3, -0.25) is 0 Å². The molecule has 0 aromatic heterocycles. The Bertz CT molecular complexity index is 546. The van der Waals surface area contributed by atoms with E-state index in [2.05, 4.69) is 20.8 Å². The Labute approximate surface area is 132 Å². The first-order valence-corrected chi connectivity index (χ1v) is 7.88. The number of ether oxygens (including phenoxy) is 3. The summed E-state index contributed by atoms with van der Waals surface area (Å²) in [7, 11) is 0. The first-order chi connectivity index (χ1) is 10.7. The molecule has 2 rings (SSSR count). The SMILES string of the molecule is CCCOc1ccc(Oc2ccc(OC(C)CC)cc2)cc1. The average molecular weight is 300 g/mol. The summed E-state index contributed by atoms with van der Waals surface area (Å²) in [4.78, 5) is 0. The first-order valence-electron chi connectivity index (χ1n) is 7.88. The molecular formula is C19H24O3. The molecule has 0 aliphatic rings. The Morgan fingerprint density at radius 3 is 1.77 bits per heavy atom. The minimum atomic E-state index is 0.224. The molecule has 0 N–H and O–H groups in total. The van der Waals surface area contributed by atoms with Crippen molar-refractivity contribution in [3.8, 4) is 23.0 Å². The molecule has 1 atom stereocenters. The molecule has 0 aliphatic heterocycles. The van der Waals surface area contributed by atoms with Crippen molar-refractivity contribution < 1.29 is 14.2 Å². The summed E-state index contributed by atoms with van der Waals surface area (Å²) in [5.74, 6) is 3.31.